The molecule has 98 valence electrons. The van der Waals surface area contributed by atoms with Gasteiger partial charge in [-0.3, -0.25) is 0 Å². The first-order valence-corrected chi connectivity index (χ1v) is 6.30. The number of ether oxygens (including phenoxy) is 3. The average molecular weight is 264 g/mol. The summed E-state index contributed by atoms with van der Waals surface area (Å²) in [7, 11) is 1.59. The molecule has 1 saturated heterocycles. The average Bonchev–Trinajstić information content (AvgIpc) is 2.68. The third-order valence-electron chi connectivity index (χ3n) is 3.32. The molecule has 1 spiro atoms. The lowest BCUT2D eigenvalue weighted by atomic mass is 9.94. The molecular formula is C11H18ClNO4. The van der Waals surface area contributed by atoms with Gasteiger partial charge in [0.05, 0.1) is 6.61 Å². The molecule has 2 aliphatic rings. The van der Waals surface area contributed by atoms with E-state index in [1.807, 2.05) is 0 Å². The Hall–Kier alpha value is -0.360. The highest BCUT2D eigenvalue weighted by molar-refractivity contribution is 6.66. The highest BCUT2D eigenvalue weighted by Crippen LogP contribution is 2.41. The minimum absolute atomic E-state index is 0.0227. The van der Waals surface area contributed by atoms with Crippen molar-refractivity contribution in [3.63, 3.8) is 0 Å². The summed E-state index contributed by atoms with van der Waals surface area (Å²) in [5.74, 6) is -0.559. The van der Waals surface area contributed by atoms with Crippen LogP contribution in [0.15, 0.2) is 5.16 Å². The maximum absolute atomic E-state index is 8.75. The summed E-state index contributed by atoms with van der Waals surface area (Å²) in [6.07, 6.45) is 4.26. The Morgan fingerprint density at radius 2 is 2.12 bits per heavy atom. The van der Waals surface area contributed by atoms with Crippen molar-refractivity contribution in [2.45, 2.75) is 50.1 Å². The molecule has 5 nitrogen and oxygen atoms in total. The molecular weight excluding hydrogens is 246 g/mol. The lowest BCUT2D eigenvalue weighted by Crippen LogP contribution is -2.34. The fourth-order valence-electron chi connectivity index (χ4n) is 2.54. The van der Waals surface area contributed by atoms with Gasteiger partial charge in [0.15, 0.2) is 11.0 Å². The Balaban J connectivity index is 2.10. The van der Waals surface area contributed by atoms with Crippen LogP contribution in [0.1, 0.15) is 32.1 Å². The fraction of sp³-hybridized carbons (Fsp3) is 0.909. The Bertz CT molecular complexity index is 291. The standard InChI is InChI=1S/C11H18ClNO4/c1-15-7-8-9(10(12)13-14)17-11(16-8)5-3-2-4-6-11/h8-9,14H,2-7H2,1H3/b13-10-/t8-,9+/m0/s1. The van der Waals surface area contributed by atoms with E-state index in [9.17, 15) is 0 Å². The van der Waals surface area contributed by atoms with E-state index in [4.69, 9.17) is 31.0 Å². The number of rotatable bonds is 3. The number of oxime groups is 1. The summed E-state index contributed by atoms with van der Waals surface area (Å²) in [6.45, 7) is 0.373. The highest BCUT2D eigenvalue weighted by atomic mass is 35.5. The molecule has 0 unspecified atom stereocenters. The van der Waals surface area contributed by atoms with E-state index >= 15 is 0 Å². The molecule has 1 aliphatic heterocycles. The molecule has 1 aliphatic carbocycles. The lowest BCUT2D eigenvalue weighted by Gasteiger charge is -2.31. The number of nitrogens with zero attached hydrogens (tertiary/aromatic N) is 1. The predicted molar refractivity (Wildman–Crippen MR) is 62.5 cm³/mol. The van der Waals surface area contributed by atoms with Gasteiger partial charge in [-0.15, -0.1) is 0 Å². The summed E-state index contributed by atoms with van der Waals surface area (Å²) in [5.41, 5.74) is 0. The Kier molecular flexibility index (Phi) is 4.25. The summed E-state index contributed by atoms with van der Waals surface area (Å²) in [6, 6.07) is 0. The second-order valence-corrected chi connectivity index (χ2v) is 4.93. The summed E-state index contributed by atoms with van der Waals surface area (Å²) in [4.78, 5) is 0. The topological polar surface area (TPSA) is 60.3 Å². The monoisotopic (exact) mass is 263 g/mol. The minimum Gasteiger partial charge on any atom is -0.410 e. The van der Waals surface area contributed by atoms with E-state index in [0.717, 1.165) is 25.7 Å². The number of halogens is 1. The van der Waals surface area contributed by atoms with Crippen molar-refractivity contribution in [1.82, 2.24) is 0 Å². The molecule has 1 N–H and O–H groups in total. The first kappa shape index (κ1) is 13.1. The van der Waals surface area contributed by atoms with Crippen LogP contribution in [0, 0.1) is 0 Å². The molecule has 1 saturated carbocycles. The predicted octanol–water partition coefficient (Wildman–Crippen LogP) is 2.10. The summed E-state index contributed by atoms with van der Waals surface area (Å²) >= 11 is 5.84. The third-order valence-corrected chi connectivity index (χ3v) is 3.61. The van der Waals surface area contributed by atoms with Crippen LogP contribution < -0.4 is 0 Å². The fourth-order valence-corrected chi connectivity index (χ4v) is 2.73. The van der Waals surface area contributed by atoms with Gasteiger partial charge in [0.25, 0.3) is 0 Å². The SMILES string of the molecule is COC[C@@H]1OC2(CCCCC2)O[C@H]1/C(Cl)=N/O. The van der Waals surface area contributed by atoms with Gasteiger partial charge < -0.3 is 19.4 Å². The van der Waals surface area contributed by atoms with Gasteiger partial charge in [-0.25, -0.2) is 0 Å². The van der Waals surface area contributed by atoms with E-state index in [2.05, 4.69) is 5.16 Å². The first-order valence-electron chi connectivity index (χ1n) is 5.93. The van der Waals surface area contributed by atoms with Crippen molar-refractivity contribution in [2.24, 2.45) is 5.16 Å². The zero-order valence-electron chi connectivity index (χ0n) is 9.89. The van der Waals surface area contributed by atoms with E-state index in [0.29, 0.717) is 6.61 Å². The Labute approximate surface area is 106 Å². The maximum atomic E-state index is 8.75. The molecule has 6 heteroatoms. The number of hydrogen-bond acceptors (Lipinski definition) is 5. The zero-order valence-corrected chi connectivity index (χ0v) is 10.7. The largest absolute Gasteiger partial charge is 0.410 e. The second-order valence-electron chi connectivity index (χ2n) is 4.54. The van der Waals surface area contributed by atoms with Crippen molar-refractivity contribution in [1.29, 1.82) is 0 Å². The maximum Gasteiger partial charge on any atom is 0.176 e. The molecule has 1 heterocycles. The smallest absolute Gasteiger partial charge is 0.176 e. The van der Waals surface area contributed by atoms with Crippen molar-refractivity contribution >= 4 is 16.8 Å². The normalized spacial score (nSPS) is 33.2. The quantitative estimate of drug-likeness (QED) is 0.481. The van der Waals surface area contributed by atoms with Crippen molar-refractivity contribution in [3.05, 3.63) is 0 Å². The van der Waals surface area contributed by atoms with Crippen LogP contribution in [0.3, 0.4) is 0 Å². The van der Waals surface area contributed by atoms with Crippen LogP contribution in [0.25, 0.3) is 0 Å². The summed E-state index contributed by atoms with van der Waals surface area (Å²) in [5, 5.41) is 11.8. The van der Waals surface area contributed by atoms with Crippen LogP contribution >= 0.6 is 11.6 Å². The van der Waals surface area contributed by atoms with Gasteiger partial charge in [0.1, 0.15) is 12.2 Å². The van der Waals surface area contributed by atoms with E-state index in [1.165, 1.54) is 6.42 Å². The lowest BCUT2D eigenvalue weighted by molar-refractivity contribution is -0.193. The molecule has 0 amide bonds. The van der Waals surface area contributed by atoms with Crippen LogP contribution in [-0.4, -0.2) is 42.1 Å². The van der Waals surface area contributed by atoms with Crippen LogP contribution in [0.2, 0.25) is 0 Å². The summed E-state index contributed by atoms with van der Waals surface area (Å²) < 4.78 is 16.9. The van der Waals surface area contributed by atoms with Crippen LogP contribution in [0.4, 0.5) is 0 Å². The van der Waals surface area contributed by atoms with Gasteiger partial charge in [-0.2, -0.15) is 0 Å². The van der Waals surface area contributed by atoms with Crippen molar-refractivity contribution in [2.75, 3.05) is 13.7 Å². The zero-order chi connectivity index (χ0) is 12.3. The third kappa shape index (κ3) is 2.73. The molecule has 0 radical (unpaired) electrons. The van der Waals surface area contributed by atoms with E-state index in [-0.39, 0.29) is 11.3 Å². The highest BCUT2D eigenvalue weighted by Gasteiger charge is 2.49. The van der Waals surface area contributed by atoms with Gasteiger partial charge in [-0.05, 0) is 12.8 Å². The van der Waals surface area contributed by atoms with E-state index < -0.39 is 11.9 Å². The molecule has 2 fully saturated rings. The van der Waals surface area contributed by atoms with E-state index in [1.54, 1.807) is 7.11 Å². The molecule has 2 rings (SSSR count). The molecule has 2 atom stereocenters. The molecule has 0 aromatic rings. The van der Waals surface area contributed by atoms with Gasteiger partial charge >= 0.3 is 0 Å². The van der Waals surface area contributed by atoms with Gasteiger partial charge in [0, 0.05) is 20.0 Å². The molecule has 0 aromatic heterocycles. The first-order chi connectivity index (χ1) is 8.21. The van der Waals surface area contributed by atoms with Crippen LogP contribution in [0.5, 0.6) is 0 Å². The molecule has 0 bridgehead atoms. The Morgan fingerprint density at radius 3 is 2.71 bits per heavy atom. The van der Waals surface area contributed by atoms with Crippen molar-refractivity contribution in [3.8, 4) is 0 Å². The van der Waals surface area contributed by atoms with Crippen LogP contribution in [-0.2, 0) is 14.2 Å². The molecule has 0 aromatic carbocycles. The number of hydrogen-bond donors (Lipinski definition) is 1. The molecule has 17 heavy (non-hydrogen) atoms. The Morgan fingerprint density at radius 1 is 1.41 bits per heavy atom. The number of methoxy groups -OCH3 is 1. The minimum atomic E-state index is -0.559. The second kappa shape index (κ2) is 5.52. The van der Waals surface area contributed by atoms with Gasteiger partial charge in [-0.1, -0.05) is 23.2 Å². The van der Waals surface area contributed by atoms with Gasteiger partial charge in [0.2, 0.25) is 0 Å². The van der Waals surface area contributed by atoms with Crippen molar-refractivity contribution < 1.29 is 19.4 Å².